The van der Waals surface area contributed by atoms with Gasteiger partial charge in [-0.3, -0.25) is 4.79 Å². The smallest absolute Gasteiger partial charge is 0.253 e. The molecule has 0 spiro atoms. The summed E-state index contributed by atoms with van der Waals surface area (Å²) >= 11 is 1.73. The molecule has 20 heavy (non-hydrogen) atoms. The fraction of sp³-hybridized carbons (Fsp3) is 0.312. The predicted molar refractivity (Wildman–Crippen MR) is 88.3 cm³/mol. The van der Waals surface area contributed by atoms with Crippen molar-refractivity contribution in [2.45, 2.75) is 19.4 Å². The molecule has 0 saturated carbocycles. The molecule has 3 N–H and O–H groups in total. The summed E-state index contributed by atoms with van der Waals surface area (Å²) in [5, 5.41) is 5.14. The van der Waals surface area contributed by atoms with Crippen molar-refractivity contribution in [2.75, 3.05) is 17.7 Å². The molecular weight excluding hydrogens is 268 g/mol. The number of benzene rings is 2. The van der Waals surface area contributed by atoms with Crippen molar-refractivity contribution in [2.24, 2.45) is 0 Å². The average molecular weight is 288 g/mol. The van der Waals surface area contributed by atoms with E-state index in [-0.39, 0.29) is 11.9 Å². The number of anilines is 1. The predicted octanol–water partition coefficient (Wildman–Crippen LogP) is 3.29. The quantitative estimate of drug-likeness (QED) is 0.830. The lowest BCUT2D eigenvalue weighted by molar-refractivity contribution is 0.0941. The number of hydrogen-bond donors (Lipinski definition) is 2. The number of thioether (sulfide) groups is 1. The minimum atomic E-state index is -0.0887. The molecule has 4 heteroatoms. The van der Waals surface area contributed by atoms with Crippen LogP contribution in [0.4, 0.5) is 5.69 Å². The first kappa shape index (κ1) is 14.7. The van der Waals surface area contributed by atoms with Gasteiger partial charge < -0.3 is 11.1 Å². The largest absolute Gasteiger partial charge is 0.398 e. The summed E-state index contributed by atoms with van der Waals surface area (Å²) in [6, 6.07) is 11.8. The highest BCUT2D eigenvalue weighted by Crippen LogP contribution is 2.22. The highest BCUT2D eigenvalue weighted by Gasteiger charge is 2.14. The molecule has 0 aliphatic heterocycles. The Bertz CT molecular complexity index is 612. The molecule has 0 heterocycles. The van der Waals surface area contributed by atoms with Crippen molar-refractivity contribution in [3.8, 4) is 0 Å². The van der Waals surface area contributed by atoms with Gasteiger partial charge in [-0.1, -0.05) is 31.2 Å². The minimum Gasteiger partial charge on any atom is -0.398 e. The number of fused-ring (bicyclic) bond motifs is 1. The van der Waals surface area contributed by atoms with E-state index in [9.17, 15) is 4.79 Å². The molecule has 2 aromatic rings. The summed E-state index contributed by atoms with van der Waals surface area (Å²) < 4.78 is 0. The van der Waals surface area contributed by atoms with Crippen LogP contribution >= 0.6 is 11.8 Å². The van der Waals surface area contributed by atoms with E-state index in [2.05, 4.69) is 12.2 Å². The molecule has 1 atom stereocenters. The van der Waals surface area contributed by atoms with Crippen molar-refractivity contribution in [1.82, 2.24) is 5.32 Å². The Morgan fingerprint density at radius 3 is 2.55 bits per heavy atom. The number of hydrogen-bond acceptors (Lipinski definition) is 3. The number of nitrogen functional groups attached to an aromatic ring is 1. The Morgan fingerprint density at radius 2 is 1.95 bits per heavy atom. The molecule has 0 aromatic heterocycles. The molecule has 1 unspecified atom stereocenters. The zero-order valence-electron chi connectivity index (χ0n) is 11.8. The number of nitrogens with one attached hydrogen (secondary N) is 1. The van der Waals surface area contributed by atoms with Gasteiger partial charge in [0.1, 0.15) is 0 Å². The lowest BCUT2D eigenvalue weighted by atomic mass is 10.0. The monoisotopic (exact) mass is 288 g/mol. The lowest BCUT2D eigenvalue weighted by Crippen LogP contribution is -2.36. The molecule has 2 aromatic carbocycles. The van der Waals surface area contributed by atoms with Gasteiger partial charge >= 0.3 is 0 Å². The number of carbonyl (C=O) groups is 1. The summed E-state index contributed by atoms with van der Waals surface area (Å²) in [7, 11) is 0. The van der Waals surface area contributed by atoms with Crippen LogP contribution in [0.2, 0.25) is 0 Å². The summed E-state index contributed by atoms with van der Waals surface area (Å²) in [4.78, 5) is 12.4. The third-order valence-corrected chi connectivity index (χ3v) is 4.09. The Morgan fingerprint density at radius 1 is 1.30 bits per heavy atom. The fourth-order valence-electron chi connectivity index (χ4n) is 2.18. The average Bonchev–Trinajstić information content (AvgIpc) is 2.45. The molecule has 106 valence electrons. The van der Waals surface area contributed by atoms with Gasteiger partial charge in [0.25, 0.3) is 5.91 Å². The topological polar surface area (TPSA) is 55.1 Å². The van der Waals surface area contributed by atoms with E-state index >= 15 is 0 Å². The molecule has 0 aliphatic rings. The van der Waals surface area contributed by atoms with Crippen LogP contribution in [0.1, 0.15) is 23.7 Å². The molecule has 0 radical (unpaired) electrons. The highest BCUT2D eigenvalue weighted by molar-refractivity contribution is 7.98. The second kappa shape index (κ2) is 6.66. The zero-order chi connectivity index (χ0) is 14.5. The molecule has 0 aliphatic carbocycles. The van der Waals surface area contributed by atoms with E-state index in [1.54, 1.807) is 11.8 Å². The van der Waals surface area contributed by atoms with Crippen LogP contribution in [-0.2, 0) is 0 Å². The van der Waals surface area contributed by atoms with E-state index in [4.69, 9.17) is 5.73 Å². The van der Waals surface area contributed by atoms with Crippen LogP contribution in [0.3, 0.4) is 0 Å². The van der Waals surface area contributed by atoms with Gasteiger partial charge in [0.05, 0.1) is 5.56 Å². The van der Waals surface area contributed by atoms with E-state index in [1.807, 2.05) is 42.7 Å². The van der Waals surface area contributed by atoms with Gasteiger partial charge in [-0.2, -0.15) is 11.8 Å². The van der Waals surface area contributed by atoms with Crippen LogP contribution in [0.25, 0.3) is 10.8 Å². The van der Waals surface area contributed by atoms with E-state index in [0.717, 1.165) is 22.9 Å². The van der Waals surface area contributed by atoms with Crippen molar-refractivity contribution in [1.29, 1.82) is 0 Å². The second-order valence-corrected chi connectivity index (χ2v) is 5.73. The Kier molecular flexibility index (Phi) is 4.90. The number of nitrogens with two attached hydrogens (primary N) is 1. The lowest BCUT2D eigenvalue weighted by Gasteiger charge is -2.16. The number of rotatable bonds is 5. The fourth-order valence-corrected chi connectivity index (χ4v) is 2.90. The van der Waals surface area contributed by atoms with Crippen molar-refractivity contribution >= 4 is 34.1 Å². The van der Waals surface area contributed by atoms with Crippen molar-refractivity contribution < 1.29 is 4.79 Å². The highest BCUT2D eigenvalue weighted by atomic mass is 32.2. The number of amides is 1. The van der Waals surface area contributed by atoms with E-state index < -0.39 is 0 Å². The summed E-state index contributed by atoms with van der Waals surface area (Å²) in [5.41, 5.74) is 7.10. The van der Waals surface area contributed by atoms with Crippen molar-refractivity contribution in [3.05, 3.63) is 42.0 Å². The van der Waals surface area contributed by atoms with Gasteiger partial charge in [-0.25, -0.2) is 0 Å². The summed E-state index contributed by atoms with van der Waals surface area (Å²) in [6.45, 7) is 2.07. The van der Waals surface area contributed by atoms with Crippen LogP contribution in [0.5, 0.6) is 0 Å². The Labute approximate surface area is 123 Å². The van der Waals surface area contributed by atoms with Gasteiger partial charge in [-0.15, -0.1) is 0 Å². The molecule has 2 rings (SSSR count). The van der Waals surface area contributed by atoms with E-state index in [0.29, 0.717) is 11.3 Å². The van der Waals surface area contributed by atoms with Gasteiger partial charge in [0.15, 0.2) is 0 Å². The minimum absolute atomic E-state index is 0.0887. The Balaban J connectivity index is 2.27. The normalized spacial score (nSPS) is 12.3. The summed E-state index contributed by atoms with van der Waals surface area (Å²) in [5.74, 6) is 0.824. The molecular formula is C16H20N2OS. The zero-order valence-corrected chi connectivity index (χ0v) is 12.7. The maximum atomic E-state index is 12.4. The molecule has 3 nitrogen and oxygen atoms in total. The Hall–Kier alpha value is -1.68. The van der Waals surface area contributed by atoms with Crippen molar-refractivity contribution in [3.63, 3.8) is 0 Å². The molecule has 0 bridgehead atoms. The first-order chi connectivity index (χ1) is 9.65. The summed E-state index contributed by atoms with van der Waals surface area (Å²) in [6.07, 6.45) is 2.96. The maximum absolute atomic E-state index is 12.4. The number of carbonyl (C=O) groups excluding carboxylic acids is 1. The first-order valence-corrected chi connectivity index (χ1v) is 8.13. The molecule has 1 amide bonds. The van der Waals surface area contributed by atoms with Gasteiger partial charge in [-0.05, 0) is 35.6 Å². The van der Waals surface area contributed by atoms with Crippen LogP contribution in [0.15, 0.2) is 36.4 Å². The van der Waals surface area contributed by atoms with Crippen LogP contribution < -0.4 is 11.1 Å². The molecule has 0 saturated heterocycles. The first-order valence-electron chi connectivity index (χ1n) is 6.73. The van der Waals surface area contributed by atoms with E-state index in [1.165, 1.54) is 0 Å². The third-order valence-electron chi connectivity index (χ3n) is 3.36. The SMILES string of the molecule is CCC(CSC)NC(=O)c1cc2ccccc2cc1N. The molecule has 0 fully saturated rings. The third kappa shape index (κ3) is 3.25. The standard InChI is InChI=1S/C16H20N2OS/c1-3-13(10-20-2)18-16(19)14-8-11-6-4-5-7-12(11)9-15(14)17/h4-9,13H,3,10,17H2,1-2H3,(H,18,19). The maximum Gasteiger partial charge on any atom is 0.253 e. The van der Waals surface area contributed by atoms with Gasteiger partial charge in [0, 0.05) is 17.5 Å². The van der Waals surface area contributed by atoms with Gasteiger partial charge in [0.2, 0.25) is 0 Å². The van der Waals surface area contributed by atoms with Crippen LogP contribution in [-0.4, -0.2) is 24.0 Å². The second-order valence-electron chi connectivity index (χ2n) is 4.82. The van der Waals surface area contributed by atoms with Crippen LogP contribution in [0, 0.1) is 0 Å².